The van der Waals surface area contributed by atoms with Crippen molar-refractivity contribution >= 4 is 17.3 Å². The summed E-state index contributed by atoms with van der Waals surface area (Å²) in [6, 6.07) is 4.28. The summed E-state index contributed by atoms with van der Waals surface area (Å²) in [5.74, 6) is 0.915. The van der Waals surface area contributed by atoms with Crippen molar-refractivity contribution in [3.8, 4) is 0 Å². The standard InChI is InChI=1S/C15H26N4S/c1-16-15(17-8-7-14-6-5-13-20-14)18-9-12-19-10-3-2-4-11-19/h5-6,13H,2-4,7-12H2,1H3,(H2,16,17,18). The van der Waals surface area contributed by atoms with E-state index in [2.05, 4.69) is 38.0 Å². The Balaban J connectivity index is 1.57. The molecule has 0 bridgehead atoms. The van der Waals surface area contributed by atoms with Gasteiger partial charge in [0.1, 0.15) is 0 Å². The summed E-state index contributed by atoms with van der Waals surface area (Å²) in [5.41, 5.74) is 0. The Morgan fingerprint density at radius 3 is 2.75 bits per heavy atom. The number of thiophene rings is 1. The van der Waals surface area contributed by atoms with Crippen molar-refractivity contribution in [1.82, 2.24) is 15.5 Å². The number of nitrogens with one attached hydrogen (secondary N) is 2. The summed E-state index contributed by atoms with van der Waals surface area (Å²) in [6.07, 6.45) is 5.17. The van der Waals surface area contributed by atoms with Crippen molar-refractivity contribution in [2.24, 2.45) is 4.99 Å². The van der Waals surface area contributed by atoms with E-state index >= 15 is 0 Å². The van der Waals surface area contributed by atoms with Gasteiger partial charge in [-0.1, -0.05) is 12.5 Å². The van der Waals surface area contributed by atoms with Gasteiger partial charge < -0.3 is 15.5 Å². The molecule has 0 radical (unpaired) electrons. The van der Waals surface area contributed by atoms with E-state index in [1.165, 1.54) is 37.2 Å². The van der Waals surface area contributed by atoms with Gasteiger partial charge in [-0.15, -0.1) is 11.3 Å². The molecule has 1 aliphatic rings. The second kappa shape index (κ2) is 8.97. The Bertz CT molecular complexity index is 383. The predicted molar refractivity (Wildman–Crippen MR) is 87.7 cm³/mol. The summed E-state index contributed by atoms with van der Waals surface area (Å²) < 4.78 is 0. The fourth-order valence-corrected chi connectivity index (χ4v) is 3.20. The van der Waals surface area contributed by atoms with Crippen molar-refractivity contribution in [2.75, 3.05) is 39.8 Å². The normalized spacial score (nSPS) is 17.1. The van der Waals surface area contributed by atoms with Crippen LogP contribution in [0.1, 0.15) is 24.1 Å². The molecule has 0 amide bonds. The fraction of sp³-hybridized carbons (Fsp3) is 0.667. The molecule has 0 unspecified atom stereocenters. The third kappa shape index (κ3) is 5.51. The van der Waals surface area contributed by atoms with E-state index in [-0.39, 0.29) is 0 Å². The van der Waals surface area contributed by atoms with Gasteiger partial charge in [-0.25, -0.2) is 0 Å². The lowest BCUT2D eigenvalue weighted by Gasteiger charge is -2.26. The number of hydrogen-bond donors (Lipinski definition) is 2. The van der Waals surface area contributed by atoms with E-state index < -0.39 is 0 Å². The van der Waals surface area contributed by atoms with Crippen LogP contribution in [0.15, 0.2) is 22.5 Å². The Hall–Kier alpha value is -1.07. The molecule has 0 aromatic carbocycles. The minimum absolute atomic E-state index is 0.915. The molecule has 1 saturated heterocycles. The average Bonchev–Trinajstić information content (AvgIpc) is 3.00. The quantitative estimate of drug-likeness (QED) is 0.622. The zero-order chi connectivity index (χ0) is 14.0. The molecular weight excluding hydrogens is 268 g/mol. The van der Waals surface area contributed by atoms with Gasteiger partial charge in [-0.2, -0.15) is 0 Å². The molecule has 2 heterocycles. The van der Waals surface area contributed by atoms with Crippen molar-refractivity contribution in [3.63, 3.8) is 0 Å². The van der Waals surface area contributed by atoms with Crippen molar-refractivity contribution in [1.29, 1.82) is 0 Å². The highest BCUT2D eigenvalue weighted by atomic mass is 32.1. The van der Waals surface area contributed by atoms with E-state index in [9.17, 15) is 0 Å². The van der Waals surface area contributed by atoms with E-state index in [0.29, 0.717) is 0 Å². The van der Waals surface area contributed by atoms with Crippen LogP contribution >= 0.6 is 11.3 Å². The lowest BCUT2D eigenvalue weighted by atomic mass is 10.1. The highest BCUT2D eigenvalue weighted by molar-refractivity contribution is 7.09. The second-order valence-electron chi connectivity index (χ2n) is 5.16. The topological polar surface area (TPSA) is 39.7 Å². The van der Waals surface area contributed by atoms with Crippen LogP contribution < -0.4 is 10.6 Å². The number of guanidine groups is 1. The maximum Gasteiger partial charge on any atom is 0.191 e. The van der Waals surface area contributed by atoms with E-state index in [0.717, 1.165) is 32.0 Å². The van der Waals surface area contributed by atoms with Gasteiger partial charge in [0.2, 0.25) is 0 Å². The lowest BCUT2D eigenvalue weighted by Crippen LogP contribution is -2.43. The molecule has 2 N–H and O–H groups in total. The molecule has 0 saturated carbocycles. The molecule has 112 valence electrons. The van der Waals surface area contributed by atoms with Crippen molar-refractivity contribution in [3.05, 3.63) is 22.4 Å². The van der Waals surface area contributed by atoms with Gasteiger partial charge in [0, 0.05) is 31.6 Å². The minimum Gasteiger partial charge on any atom is -0.356 e. The SMILES string of the molecule is CN=C(NCCc1cccs1)NCCN1CCCCC1. The first-order valence-corrected chi connectivity index (χ1v) is 8.45. The van der Waals surface area contributed by atoms with Crippen LogP contribution in [0.2, 0.25) is 0 Å². The zero-order valence-corrected chi connectivity index (χ0v) is 13.2. The van der Waals surface area contributed by atoms with Gasteiger partial charge in [-0.3, -0.25) is 4.99 Å². The fourth-order valence-electron chi connectivity index (χ4n) is 2.49. The largest absolute Gasteiger partial charge is 0.356 e. The Morgan fingerprint density at radius 1 is 1.25 bits per heavy atom. The third-order valence-corrected chi connectivity index (χ3v) is 4.57. The molecule has 0 spiro atoms. The maximum atomic E-state index is 4.27. The number of likely N-dealkylation sites (tertiary alicyclic amines) is 1. The number of nitrogens with zero attached hydrogens (tertiary/aromatic N) is 2. The third-order valence-electron chi connectivity index (χ3n) is 3.64. The highest BCUT2D eigenvalue weighted by Gasteiger charge is 2.09. The van der Waals surface area contributed by atoms with Crippen LogP contribution in [0, 0.1) is 0 Å². The monoisotopic (exact) mass is 294 g/mol. The van der Waals surface area contributed by atoms with Crippen molar-refractivity contribution < 1.29 is 0 Å². The highest BCUT2D eigenvalue weighted by Crippen LogP contribution is 2.08. The van der Waals surface area contributed by atoms with Crippen LogP contribution in [0.25, 0.3) is 0 Å². The molecule has 1 fully saturated rings. The lowest BCUT2D eigenvalue weighted by molar-refractivity contribution is 0.232. The van der Waals surface area contributed by atoms with E-state index in [4.69, 9.17) is 0 Å². The Kier molecular flexibility index (Phi) is 6.88. The van der Waals surface area contributed by atoms with Gasteiger partial charge in [0.15, 0.2) is 5.96 Å². The summed E-state index contributed by atoms with van der Waals surface area (Å²) in [4.78, 5) is 8.22. The van der Waals surface area contributed by atoms with Crippen LogP contribution in [0.3, 0.4) is 0 Å². The number of piperidine rings is 1. The molecule has 1 aromatic heterocycles. The summed E-state index contributed by atoms with van der Waals surface area (Å²) >= 11 is 1.81. The maximum absolute atomic E-state index is 4.27. The Labute approximate surface area is 126 Å². The first-order valence-electron chi connectivity index (χ1n) is 7.58. The predicted octanol–water partition coefficient (Wildman–Crippen LogP) is 1.94. The van der Waals surface area contributed by atoms with Crippen LogP contribution in [-0.2, 0) is 6.42 Å². The first kappa shape index (κ1) is 15.3. The van der Waals surface area contributed by atoms with Crippen LogP contribution in [0.5, 0.6) is 0 Å². The molecule has 0 atom stereocenters. The average molecular weight is 294 g/mol. The van der Waals surface area contributed by atoms with Gasteiger partial charge in [-0.05, 0) is 43.8 Å². The zero-order valence-electron chi connectivity index (χ0n) is 12.4. The minimum atomic E-state index is 0.915. The number of aliphatic imine (C=N–C) groups is 1. The molecule has 0 aliphatic carbocycles. The summed E-state index contributed by atoms with van der Waals surface area (Å²) in [5, 5.41) is 8.90. The van der Waals surface area contributed by atoms with Crippen molar-refractivity contribution in [2.45, 2.75) is 25.7 Å². The molecule has 1 aliphatic heterocycles. The van der Waals surface area contributed by atoms with Gasteiger partial charge in [0.05, 0.1) is 0 Å². The summed E-state index contributed by atoms with van der Waals surface area (Å²) in [6.45, 7) is 5.53. The first-order chi connectivity index (χ1) is 9.88. The molecule has 4 nitrogen and oxygen atoms in total. The molecule has 5 heteroatoms. The molecule has 1 aromatic rings. The van der Waals surface area contributed by atoms with E-state index in [1.807, 2.05) is 18.4 Å². The molecular formula is C15H26N4S. The van der Waals surface area contributed by atoms with Crippen LogP contribution in [-0.4, -0.2) is 50.6 Å². The smallest absolute Gasteiger partial charge is 0.191 e. The molecule has 2 rings (SSSR count). The van der Waals surface area contributed by atoms with Gasteiger partial charge in [0.25, 0.3) is 0 Å². The molecule has 20 heavy (non-hydrogen) atoms. The van der Waals surface area contributed by atoms with Crippen LogP contribution in [0.4, 0.5) is 0 Å². The summed E-state index contributed by atoms with van der Waals surface area (Å²) in [7, 11) is 1.83. The van der Waals surface area contributed by atoms with E-state index in [1.54, 1.807) is 0 Å². The number of hydrogen-bond acceptors (Lipinski definition) is 3. The van der Waals surface area contributed by atoms with Gasteiger partial charge >= 0.3 is 0 Å². The number of rotatable bonds is 6. The Morgan fingerprint density at radius 2 is 2.05 bits per heavy atom. The second-order valence-corrected chi connectivity index (χ2v) is 6.19.